The van der Waals surface area contributed by atoms with Gasteiger partial charge in [0.05, 0.1) is 6.61 Å². The summed E-state index contributed by atoms with van der Waals surface area (Å²) in [5.74, 6) is 0.662. The SMILES string of the molecule is CCNC(=O)CCCC(=O)OCCCCCS. The number of thiol groups is 1. The Hall–Kier alpha value is -0.710. The van der Waals surface area contributed by atoms with Crippen molar-refractivity contribution in [2.24, 2.45) is 0 Å². The van der Waals surface area contributed by atoms with Crippen molar-refractivity contribution in [3.63, 3.8) is 0 Å². The van der Waals surface area contributed by atoms with Gasteiger partial charge in [-0.2, -0.15) is 12.6 Å². The number of rotatable bonds is 10. The molecule has 1 N–H and O–H groups in total. The van der Waals surface area contributed by atoms with Crippen LogP contribution in [0.3, 0.4) is 0 Å². The smallest absolute Gasteiger partial charge is 0.305 e. The third-order valence-corrected chi connectivity index (χ3v) is 2.54. The lowest BCUT2D eigenvalue weighted by Crippen LogP contribution is -2.22. The molecule has 0 aliphatic rings. The van der Waals surface area contributed by atoms with Crippen LogP contribution in [0.5, 0.6) is 0 Å². The Morgan fingerprint density at radius 1 is 1.12 bits per heavy atom. The van der Waals surface area contributed by atoms with Gasteiger partial charge in [-0.1, -0.05) is 0 Å². The number of ether oxygens (including phenoxy) is 1. The molecule has 5 heteroatoms. The third-order valence-electron chi connectivity index (χ3n) is 2.22. The van der Waals surface area contributed by atoms with Crippen molar-refractivity contribution in [3.8, 4) is 0 Å². The summed E-state index contributed by atoms with van der Waals surface area (Å²) in [7, 11) is 0. The minimum atomic E-state index is -0.208. The lowest BCUT2D eigenvalue weighted by atomic mass is 10.2. The Morgan fingerprint density at radius 2 is 1.88 bits per heavy atom. The highest BCUT2D eigenvalue weighted by molar-refractivity contribution is 7.80. The van der Waals surface area contributed by atoms with Crippen LogP contribution in [-0.4, -0.2) is 30.8 Å². The summed E-state index contributed by atoms with van der Waals surface area (Å²) in [5.41, 5.74) is 0. The third kappa shape index (κ3) is 11.6. The van der Waals surface area contributed by atoms with E-state index >= 15 is 0 Å². The average Bonchev–Trinajstić information content (AvgIpc) is 2.29. The maximum Gasteiger partial charge on any atom is 0.305 e. The number of hydrogen-bond donors (Lipinski definition) is 2. The molecular weight excluding hydrogens is 238 g/mol. The molecule has 0 rings (SSSR count). The van der Waals surface area contributed by atoms with Crippen LogP contribution in [0.1, 0.15) is 45.4 Å². The highest BCUT2D eigenvalue weighted by Gasteiger charge is 2.05. The topological polar surface area (TPSA) is 55.4 Å². The Kier molecular flexibility index (Phi) is 11.3. The van der Waals surface area contributed by atoms with Gasteiger partial charge < -0.3 is 10.1 Å². The molecule has 0 aromatic carbocycles. The van der Waals surface area contributed by atoms with E-state index < -0.39 is 0 Å². The molecule has 17 heavy (non-hydrogen) atoms. The number of esters is 1. The summed E-state index contributed by atoms with van der Waals surface area (Å²) in [6, 6.07) is 0. The van der Waals surface area contributed by atoms with Gasteiger partial charge in [0.15, 0.2) is 0 Å². The van der Waals surface area contributed by atoms with Crippen LogP contribution in [0.15, 0.2) is 0 Å². The van der Waals surface area contributed by atoms with E-state index in [1.54, 1.807) is 0 Å². The van der Waals surface area contributed by atoms with Crippen LogP contribution in [0.25, 0.3) is 0 Å². The van der Waals surface area contributed by atoms with E-state index in [1.165, 1.54) is 0 Å². The zero-order chi connectivity index (χ0) is 12.9. The second-order valence-electron chi connectivity index (χ2n) is 3.81. The summed E-state index contributed by atoms with van der Waals surface area (Å²) < 4.78 is 5.03. The van der Waals surface area contributed by atoms with E-state index in [0.29, 0.717) is 32.4 Å². The first-order chi connectivity index (χ1) is 8.20. The average molecular weight is 261 g/mol. The highest BCUT2D eigenvalue weighted by atomic mass is 32.1. The van der Waals surface area contributed by atoms with Crippen LogP contribution < -0.4 is 5.32 Å². The molecule has 0 radical (unpaired) electrons. The molecule has 0 fully saturated rings. The van der Waals surface area contributed by atoms with E-state index in [2.05, 4.69) is 17.9 Å². The standard InChI is InChI=1S/C12H23NO3S/c1-2-13-11(14)7-6-8-12(15)16-9-4-3-5-10-17/h17H,2-10H2,1H3,(H,13,14). The molecule has 0 heterocycles. The minimum Gasteiger partial charge on any atom is -0.466 e. The number of carbonyl (C=O) groups is 2. The molecule has 0 aliphatic heterocycles. The Labute approximate surface area is 109 Å². The molecule has 0 atom stereocenters. The van der Waals surface area contributed by atoms with Crippen molar-refractivity contribution in [2.75, 3.05) is 18.9 Å². The van der Waals surface area contributed by atoms with E-state index in [4.69, 9.17) is 4.74 Å². The van der Waals surface area contributed by atoms with Gasteiger partial charge in [-0.05, 0) is 38.4 Å². The number of hydrogen-bond acceptors (Lipinski definition) is 4. The zero-order valence-electron chi connectivity index (χ0n) is 10.5. The molecule has 0 bridgehead atoms. The van der Waals surface area contributed by atoms with E-state index in [0.717, 1.165) is 25.0 Å². The van der Waals surface area contributed by atoms with Crippen molar-refractivity contribution in [3.05, 3.63) is 0 Å². The molecule has 100 valence electrons. The molecule has 0 aromatic rings. The minimum absolute atomic E-state index is 0.00548. The quantitative estimate of drug-likeness (QED) is 0.359. The Bertz CT molecular complexity index is 222. The summed E-state index contributed by atoms with van der Waals surface area (Å²) in [6.45, 7) is 2.99. The fourth-order valence-corrected chi connectivity index (χ4v) is 1.55. The van der Waals surface area contributed by atoms with E-state index in [9.17, 15) is 9.59 Å². The fraction of sp³-hybridized carbons (Fsp3) is 0.833. The van der Waals surface area contributed by atoms with Gasteiger partial charge in [-0.15, -0.1) is 0 Å². The van der Waals surface area contributed by atoms with Crippen LogP contribution in [0.4, 0.5) is 0 Å². The van der Waals surface area contributed by atoms with Crippen LogP contribution >= 0.6 is 12.6 Å². The van der Waals surface area contributed by atoms with E-state index in [-0.39, 0.29) is 11.9 Å². The summed E-state index contributed by atoms with van der Waals surface area (Å²) >= 11 is 4.10. The maximum absolute atomic E-state index is 11.2. The van der Waals surface area contributed by atoms with Crippen LogP contribution in [0, 0.1) is 0 Å². The number of unbranched alkanes of at least 4 members (excludes halogenated alkanes) is 2. The van der Waals surface area contributed by atoms with E-state index in [1.807, 2.05) is 6.92 Å². The molecule has 0 unspecified atom stereocenters. The lowest BCUT2D eigenvalue weighted by Gasteiger charge is -2.04. The summed E-state index contributed by atoms with van der Waals surface area (Å²) in [5, 5.41) is 2.69. The monoisotopic (exact) mass is 261 g/mol. The number of carbonyl (C=O) groups excluding carboxylic acids is 2. The van der Waals surface area contributed by atoms with Crippen molar-refractivity contribution in [1.29, 1.82) is 0 Å². The van der Waals surface area contributed by atoms with Crippen molar-refractivity contribution < 1.29 is 14.3 Å². The maximum atomic E-state index is 11.2. The normalized spacial score (nSPS) is 10.0. The predicted molar refractivity (Wildman–Crippen MR) is 71.2 cm³/mol. The molecular formula is C12H23NO3S. The van der Waals surface area contributed by atoms with Gasteiger partial charge in [0.25, 0.3) is 0 Å². The molecule has 0 saturated carbocycles. The highest BCUT2D eigenvalue weighted by Crippen LogP contribution is 2.01. The second kappa shape index (κ2) is 11.8. The van der Waals surface area contributed by atoms with Crippen LogP contribution in [0.2, 0.25) is 0 Å². The van der Waals surface area contributed by atoms with Crippen molar-refractivity contribution in [1.82, 2.24) is 5.32 Å². The first-order valence-corrected chi connectivity index (χ1v) is 6.87. The molecule has 0 aliphatic carbocycles. The first-order valence-electron chi connectivity index (χ1n) is 6.24. The lowest BCUT2D eigenvalue weighted by molar-refractivity contribution is -0.143. The van der Waals surface area contributed by atoms with Gasteiger partial charge >= 0.3 is 5.97 Å². The van der Waals surface area contributed by atoms with Crippen LogP contribution in [-0.2, 0) is 14.3 Å². The summed E-state index contributed by atoms with van der Waals surface area (Å²) in [4.78, 5) is 22.3. The molecule has 0 spiro atoms. The molecule has 0 saturated heterocycles. The Balaban J connectivity index is 3.31. The second-order valence-corrected chi connectivity index (χ2v) is 4.26. The van der Waals surface area contributed by atoms with Gasteiger partial charge in [-0.3, -0.25) is 9.59 Å². The molecule has 1 amide bonds. The van der Waals surface area contributed by atoms with Gasteiger partial charge in [0.2, 0.25) is 5.91 Å². The van der Waals surface area contributed by atoms with Gasteiger partial charge in [0, 0.05) is 19.4 Å². The largest absolute Gasteiger partial charge is 0.466 e. The molecule has 0 aromatic heterocycles. The van der Waals surface area contributed by atoms with Crippen molar-refractivity contribution in [2.45, 2.75) is 45.4 Å². The number of amides is 1. The predicted octanol–water partition coefficient (Wildman–Crippen LogP) is 1.94. The zero-order valence-corrected chi connectivity index (χ0v) is 11.4. The van der Waals surface area contributed by atoms with Gasteiger partial charge in [-0.25, -0.2) is 0 Å². The summed E-state index contributed by atoms with van der Waals surface area (Å²) in [6.07, 6.45) is 4.25. The number of nitrogens with one attached hydrogen (secondary N) is 1. The van der Waals surface area contributed by atoms with Gasteiger partial charge in [0.1, 0.15) is 0 Å². The Morgan fingerprint density at radius 3 is 2.53 bits per heavy atom. The van der Waals surface area contributed by atoms with Crippen molar-refractivity contribution >= 4 is 24.5 Å². The molecule has 4 nitrogen and oxygen atoms in total. The fourth-order valence-electron chi connectivity index (χ4n) is 1.33. The first kappa shape index (κ1) is 16.3.